The van der Waals surface area contributed by atoms with E-state index in [0.29, 0.717) is 11.7 Å². The van der Waals surface area contributed by atoms with Crippen LogP contribution in [0.15, 0.2) is 30.3 Å². The van der Waals surface area contributed by atoms with E-state index in [4.69, 9.17) is 5.11 Å². The van der Waals surface area contributed by atoms with Crippen LogP contribution in [0.3, 0.4) is 0 Å². The number of phenols is 1. The molecule has 2 nitrogen and oxygen atoms in total. The molecule has 0 bridgehead atoms. The Morgan fingerprint density at radius 1 is 1.12 bits per heavy atom. The highest BCUT2D eigenvalue weighted by Gasteiger charge is 2.16. The van der Waals surface area contributed by atoms with Gasteiger partial charge in [-0.05, 0) is 36.8 Å². The Morgan fingerprint density at radius 3 is 2.06 bits per heavy atom. The van der Waals surface area contributed by atoms with E-state index in [2.05, 4.69) is 6.92 Å². The second-order valence-corrected chi connectivity index (χ2v) is 4.63. The Kier molecular flexibility index (Phi) is 5.94. The molecule has 1 radical (unpaired) electrons. The van der Waals surface area contributed by atoms with Crippen LogP contribution in [0.4, 0.5) is 0 Å². The summed E-state index contributed by atoms with van der Waals surface area (Å²) in [5, 5.41) is 19.0. The van der Waals surface area contributed by atoms with Crippen LogP contribution in [0, 0.1) is 11.8 Å². The van der Waals surface area contributed by atoms with E-state index >= 15 is 0 Å². The zero-order valence-electron chi connectivity index (χ0n) is 9.93. The van der Waals surface area contributed by atoms with Crippen LogP contribution in [0.5, 0.6) is 5.75 Å². The summed E-state index contributed by atoms with van der Waals surface area (Å²) in [4.78, 5) is 0. The third-order valence-electron chi connectivity index (χ3n) is 3.13. The van der Waals surface area contributed by atoms with Gasteiger partial charge in [0.15, 0.2) is 0 Å². The molecule has 0 atom stereocenters. The Hall–Kier alpha value is -1.02. The lowest BCUT2D eigenvalue weighted by molar-refractivity contribution is 0.112. The maximum absolute atomic E-state index is 10.4. The fourth-order valence-corrected chi connectivity index (χ4v) is 1.92. The molecule has 0 aromatic heterocycles. The van der Waals surface area contributed by atoms with Crippen LogP contribution >= 0.6 is 0 Å². The highest BCUT2D eigenvalue weighted by atomic mass is 16.3. The van der Waals surface area contributed by atoms with Crippen LogP contribution in [-0.2, 0) is 5.11 Å². The molecule has 1 aromatic rings. The average Bonchev–Trinajstić information content (AvgIpc) is 2.32. The van der Waals surface area contributed by atoms with Crippen molar-refractivity contribution >= 4 is 0 Å². The average molecular weight is 221 g/mol. The third-order valence-corrected chi connectivity index (χ3v) is 3.13. The molecule has 16 heavy (non-hydrogen) atoms. The molecular weight excluding hydrogens is 200 g/mol. The summed E-state index contributed by atoms with van der Waals surface area (Å²) in [6.07, 6.45) is 4.94. The van der Waals surface area contributed by atoms with Crippen molar-refractivity contribution in [2.75, 3.05) is 6.61 Å². The summed E-state index contributed by atoms with van der Waals surface area (Å²) in [6, 6.07) is 8.71. The van der Waals surface area contributed by atoms with E-state index in [9.17, 15) is 5.11 Å². The highest BCUT2D eigenvalue weighted by Crippen LogP contribution is 2.27. The molecule has 0 spiro atoms. The zero-order valence-corrected chi connectivity index (χ0v) is 9.93. The minimum absolute atomic E-state index is 0.159. The van der Waals surface area contributed by atoms with Crippen LogP contribution in [0.2, 0.25) is 0 Å². The second kappa shape index (κ2) is 7.29. The number of para-hydroxylation sites is 1. The summed E-state index contributed by atoms with van der Waals surface area (Å²) >= 11 is 0. The highest BCUT2D eigenvalue weighted by molar-refractivity contribution is 5.18. The largest absolute Gasteiger partial charge is 0.508 e. The lowest BCUT2D eigenvalue weighted by Crippen LogP contribution is -2.14. The van der Waals surface area contributed by atoms with Gasteiger partial charge in [0, 0.05) is 0 Å². The molecule has 0 unspecified atom stereocenters. The number of hydrogen-bond acceptors (Lipinski definition) is 1. The molecule has 89 valence electrons. The van der Waals surface area contributed by atoms with Crippen molar-refractivity contribution in [1.82, 2.24) is 0 Å². The van der Waals surface area contributed by atoms with Gasteiger partial charge < -0.3 is 5.11 Å². The van der Waals surface area contributed by atoms with Gasteiger partial charge in [-0.25, -0.2) is 5.11 Å². The lowest BCUT2D eigenvalue weighted by Gasteiger charge is -2.23. The van der Waals surface area contributed by atoms with Crippen molar-refractivity contribution in [2.45, 2.75) is 32.6 Å². The maximum atomic E-state index is 10.4. The second-order valence-electron chi connectivity index (χ2n) is 4.63. The maximum Gasteiger partial charge on any atom is 0.115 e. The van der Waals surface area contributed by atoms with Gasteiger partial charge in [0.25, 0.3) is 0 Å². The zero-order chi connectivity index (χ0) is 11.8. The van der Waals surface area contributed by atoms with Gasteiger partial charge in [0.05, 0.1) is 6.61 Å². The fraction of sp³-hybridized carbons (Fsp3) is 0.571. The van der Waals surface area contributed by atoms with E-state index in [-0.39, 0.29) is 6.61 Å². The molecule has 0 amide bonds. The molecule has 1 aliphatic carbocycles. The summed E-state index contributed by atoms with van der Waals surface area (Å²) in [5.74, 6) is 1.72. The van der Waals surface area contributed by atoms with Crippen LogP contribution < -0.4 is 0 Å². The van der Waals surface area contributed by atoms with E-state index in [1.165, 1.54) is 25.7 Å². The first-order valence-corrected chi connectivity index (χ1v) is 6.04. The molecule has 2 heteroatoms. The first kappa shape index (κ1) is 13.0. The molecule has 1 aromatic carbocycles. The number of rotatable bonds is 1. The van der Waals surface area contributed by atoms with Gasteiger partial charge in [0.1, 0.15) is 5.75 Å². The Balaban J connectivity index is 0.000000165. The monoisotopic (exact) mass is 221 g/mol. The summed E-state index contributed by atoms with van der Waals surface area (Å²) < 4.78 is 0. The molecule has 0 aliphatic heterocycles. The minimum Gasteiger partial charge on any atom is -0.508 e. The van der Waals surface area contributed by atoms with Crippen molar-refractivity contribution in [3.05, 3.63) is 30.3 Å². The number of benzene rings is 1. The van der Waals surface area contributed by atoms with Crippen molar-refractivity contribution in [3.63, 3.8) is 0 Å². The van der Waals surface area contributed by atoms with Crippen molar-refractivity contribution in [2.24, 2.45) is 11.8 Å². The van der Waals surface area contributed by atoms with Gasteiger partial charge in [-0.2, -0.15) is 0 Å². The molecular formula is C14H21O2. The first-order valence-electron chi connectivity index (χ1n) is 6.04. The van der Waals surface area contributed by atoms with Crippen molar-refractivity contribution in [3.8, 4) is 5.75 Å². The van der Waals surface area contributed by atoms with Crippen LogP contribution in [-0.4, -0.2) is 11.7 Å². The number of aromatic hydroxyl groups is 1. The number of hydrogen-bond donors (Lipinski definition) is 1. The SMILES string of the molecule is CC1CCC(C[O])CC1.Oc1ccccc1. The Morgan fingerprint density at radius 2 is 1.69 bits per heavy atom. The fourth-order valence-electron chi connectivity index (χ4n) is 1.92. The summed E-state index contributed by atoms with van der Waals surface area (Å²) in [7, 11) is 0. The predicted octanol–water partition coefficient (Wildman–Crippen LogP) is 3.64. The van der Waals surface area contributed by atoms with E-state index in [0.717, 1.165) is 5.92 Å². The standard InChI is InChI=1S/C8H15O.C6H6O/c1-7-2-4-8(6-9)5-3-7;7-6-4-2-1-3-5-6/h7-8H,2-6H2,1H3;1-5,7H. The summed E-state index contributed by atoms with van der Waals surface area (Å²) in [5.41, 5.74) is 0. The quantitative estimate of drug-likeness (QED) is 0.772. The summed E-state index contributed by atoms with van der Waals surface area (Å²) in [6.45, 7) is 2.44. The first-order chi connectivity index (χ1) is 7.72. The van der Waals surface area contributed by atoms with E-state index in [1.54, 1.807) is 24.3 Å². The molecule has 1 saturated carbocycles. The smallest absolute Gasteiger partial charge is 0.115 e. The molecule has 1 N–H and O–H groups in total. The van der Waals surface area contributed by atoms with Gasteiger partial charge in [-0.15, -0.1) is 0 Å². The van der Waals surface area contributed by atoms with Gasteiger partial charge in [0.2, 0.25) is 0 Å². The van der Waals surface area contributed by atoms with E-state index < -0.39 is 0 Å². The van der Waals surface area contributed by atoms with Gasteiger partial charge in [-0.1, -0.05) is 38.0 Å². The molecule has 1 fully saturated rings. The number of phenolic OH excluding ortho intramolecular Hbond substituents is 1. The molecule has 1 aliphatic rings. The van der Waals surface area contributed by atoms with Crippen molar-refractivity contribution < 1.29 is 10.2 Å². The normalized spacial score (nSPS) is 24.4. The minimum atomic E-state index is 0.159. The van der Waals surface area contributed by atoms with Crippen LogP contribution in [0.25, 0.3) is 0 Å². The van der Waals surface area contributed by atoms with Gasteiger partial charge in [-0.3, -0.25) is 0 Å². The van der Waals surface area contributed by atoms with E-state index in [1.807, 2.05) is 6.07 Å². The topological polar surface area (TPSA) is 40.1 Å². The Labute approximate surface area is 97.9 Å². The van der Waals surface area contributed by atoms with Gasteiger partial charge >= 0.3 is 0 Å². The predicted molar refractivity (Wildman–Crippen MR) is 64.8 cm³/mol. The van der Waals surface area contributed by atoms with Crippen LogP contribution in [0.1, 0.15) is 32.6 Å². The lowest BCUT2D eigenvalue weighted by atomic mass is 9.84. The molecule has 0 heterocycles. The molecule has 2 rings (SSSR count). The third kappa shape index (κ3) is 5.17. The Bertz CT molecular complexity index is 263. The van der Waals surface area contributed by atoms with Crippen molar-refractivity contribution in [1.29, 1.82) is 0 Å². The molecule has 0 saturated heterocycles.